The molecule has 0 radical (unpaired) electrons. The predicted molar refractivity (Wildman–Crippen MR) is 110 cm³/mol. The molecule has 0 unspecified atom stereocenters. The lowest BCUT2D eigenvalue weighted by molar-refractivity contribution is 0.641. The van der Waals surface area contributed by atoms with Crippen molar-refractivity contribution in [3.05, 3.63) is 66.1 Å². The molecule has 138 valence electrons. The summed E-state index contributed by atoms with van der Waals surface area (Å²) in [5.41, 5.74) is 3.59. The quantitative estimate of drug-likeness (QED) is 0.768. The molecule has 1 saturated heterocycles. The highest BCUT2D eigenvalue weighted by atomic mass is 15.3. The van der Waals surface area contributed by atoms with Gasteiger partial charge in [0.25, 0.3) is 0 Å². The molecule has 3 aromatic rings. The highest BCUT2D eigenvalue weighted by Gasteiger charge is 2.19. The first-order valence-electron chi connectivity index (χ1n) is 9.26. The fourth-order valence-electron chi connectivity index (χ4n) is 3.26. The van der Waals surface area contributed by atoms with Gasteiger partial charge in [-0.2, -0.15) is 0 Å². The molecule has 0 atom stereocenters. The zero-order chi connectivity index (χ0) is 18.6. The number of aryl methyl sites for hydroxylation is 2. The maximum absolute atomic E-state index is 4.47. The molecule has 0 amide bonds. The van der Waals surface area contributed by atoms with Gasteiger partial charge >= 0.3 is 0 Å². The van der Waals surface area contributed by atoms with Gasteiger partial charge in [-0.3, -0.25) is 0 Å². The van der Waals surface area contributed by atoms with Crippen molar-refractivity contribution < 1.29 is 0 Å². The summed E-state index contributed by atoms with van der Waals surface area (Å²) in [6, 6.07) is 14.4. The molecule has 1 aliphatic rings. The average Bonchev–Trinajstić information content (AvgIpc) is 2.72. The fourth-order valence-corrected chi connectivity index (χ4v) is 3.26. The lowest BCUT2D eigenvalue weighted by atomic mass is 10.1. The second kappa shape index (κ2) is 7.61. The van der Waals surface area contributed by atoms with E-state index in [4.69, 9.17) is 0 Å². The maximum Gasteiger partial charge on any atom is 0.135 e. The predicted octanol–water partition coefficient (Wildman–Crippen LogP) is 3.56. The van der Waals surface area contributed by atoms with Crippen LogP contribution >= 0.6 is 0 Å². The van der Waals surface area contributed by atoms with E-state index in [1.54, 1.807) is 6.33 Å². The number of hydrogen-bond donors (Lipinski definition) is 1. The van der Waals surface area contributed by atoms with Crippen LogP contribution in [-0.4, -0.2) is 41.1 Å². The molecule has 1 aliphatic heterocycles. The number of nitrogens with one attached hydrogen (secondary N) is 1. The van der Waals surface area contributed by atoms with Crippen LogP contribution in [0.3, 0.4) is 0 Å². The molecule has 1 N–H and O–H groups in total. The smallest absolute Gasteiger partial charge is 0.135 e. The molecule has 27 heavy (non-hydrogen) atoms. The van der Waals surface area contributed by atoms with Gasteiger partial charge in [0.05, 0.1) is 0 Å². The maximum atomic E-state index is 4.47. The SMILES string of the molecule is Cc1ccc(Nc2cc(N3CCN(c4ccccn4)CC3)ncn2)cc1C. The first-order valence-corrected chi connectivity index (χ1v) is 9.26. The van der Waals surface area contributed by atoms with E-state index < -0.39 is 0 Å². The second-order valence-corrected chi connectivity index (χ2v) is 6.85. The largest absolute Gasteiger partial charge is 0.353 e. The van der Waals surface area contributed by atoms with E-state index in [2.05, 4.69) is 68.2 Å². The van der Waals surface area contributed by atoms with Gasteiger partial charge in [-0.25, -0.2) is 15.0 Å². The molecule has 6 heteroatoms. The average molecular weight is 360 g/mol. The van der Waals surface area contributed by atoms with Gasteiger partial charge in [0.1, 0.15) is 23.8 Å². The summed E-state index contributed by atoms with van der Waals surface area (Å²) < 4.78 is 0. The van der Waals surface area contributed by atoms with E-state index in [1.165, 1.54) is 11.1 Å². The third-order valence-corrected chi connectivity index (χ3v) is 5.01. The van der Waals surface area contributed by atoms with Crippen molar-refractivity contribution in [3.63, 3.8) is 0 Å². The molecule has 2 aromatic heterocycles. The zero-order valence-corrected chi connectivity index (χ0v) is 15.8. The number of benzene rings is 1. The third kappa shape index (κ3) is 4.00. The lowest BCUT2D eigenvalue weighted by Gasteiger charge is -2.36. The van der Waals surface area contributed by atoms with Gasteiger partial charge in [-0.1, -0.05) is 12.1 Å². The Labute approximate surface area is 159 Å². The summed E-state index contributed by atoms with van der Waals surface area (Å²) in [5, 5.41) is 3.39. The van der Waals surface area contributed by atoms with Crippen molar-refractivity contribution in [2.75, 3.05) is 41.3 Å². The number of piperazine rings is 1. The van der Waals surface area contributed by atoms with Crippen molar-refractivity contribution in [2.45, 2.75) is 13.8 Å². The first kappa shape index (κ1) is 17.3. The van der Waals surface area contributed by atoms with Crippen LogP contribution in [0.2, 0.25) is 0 Å². The van der Waals surface area contributed by atoms with E-state index in [9.17, 15) is 0 Å². The molecule has 3 heterocycles. The number of nitrogens with zero attached hydrogens (tertiary/aromatic N) is 5. The van der Waals surface area contributed by atoms with Crippen LogP contribution in [0.25, 0.3) is 0 Å². The van der Waals surface area contributed by atoms with Crippen molar-refractivity contribution in [2.24, 2.45) is 0 Å². The molecule has 1 aromatic carbocycles. The molecule has 0 saturated carbocycles. The van der Waals surface area contributed by atoms with Crippen LogP contribution in [0.1, 0.15) is 11.1 Å². The second-order valence-electron chi connectivity index (χ2n) is 6.85. The Morgan fingerprint density at radius 2 is 1.56 bits per heavy atom. The van der Waals surface area contributed by atoms with Crippen LogP contribution in [0.4, 0.5) is 23.1 Å². The Balaban J connectivity index is 1.43. The van der Waals surface area contributed by atoms with Crippen molar-refractivity contribution >= 4 is 23.1 Å². The van der Waals surface area contributed by atoms with E-state index in [0.717, 1.165) is 49.3 Å². The Morgan fingerprint density at radius 3 is 2.26 bits per heavy atom. The minimum Gasteiger partial charge on any atom is -0.353 e. The molecule has 4 rings (SSSR count). The van der Waals surface area contributed by atoms with Crippen LogP contribution in [0.5, 0.6) is 0 Å². The number of rotatable bonds is 4. The molecule has 0 spiro atoms. The standard InChI is InChI=1S/C21H24N6/c1-16-6-7-18(13-17(16)2)25-19-14-21(24-15-23-19)27-11-9-26(10-12-27)20-5-3-4-8-22-20/h3-8,13-15H,9-12H2,1-2H3,(H,23,24,25). The van der Waals surface area contributed by atoms with Gasteiger partial charge in [0.2, 0.25) is 0 Å². The summed E-state index contributed by atoms with van der Waals surface area (Å²) in [5.74, 6) is 2.81. The summed E-state index contributed by atoms with van der Waals surface area (Å²) in [6.07, 6.45) is 3.47. The van der Waals surface area contributed by atoms with Gasteiger partial charge < -0.3 is 15.1 Å². The normalized spacial score (nSPS) is 14.3. The minimum atomic E-state index is 0.815. The summed E-state index contributed by atoms with van der Waals surface area (Å²) in [6.45, 7) is 7.93. The third-order valence-electron chi connectivity index (χ3n) is 5.01. The van der Waals surface area contributed by atoms with E-state index >= 15 is 0 Å². The number of hydrogen-bond acceptors (Lipinski definition) is 6. The van der Waals surface area contributed by atoms with E-state index in [0.29, 0.717) is 0 Å². The van der Waals surface area contributed by atoms with Gasteiger partial charge in [-0.05, 0) is 49.2 Å². The summed E-state index contributed by atoms with van der Waals surface area (Å²) in [4.78, 5) is 17.9. The first-order chi connectivity index (χ1) is 13.2. The van der Waals surface area contributed by atoms with Crippen LogP contribution < -0.4 is 15.1 Å². The van der Waals surface area contributed by atoms with Crippen LogP contribution in [-0.2, 0) is 0 Å². The van der Waals surface area contributed by atoms with Crippen molar-refractivity contribution in [1.29, 1.82) is 0 Å². The minimum absolute atomic E-state index is 0.815. The van der Waals surface area contributed by atoms with Gasteiger partial charge in [0.15, 0.2) is 0 Å². The summed E-state index contributed by atoms with van der Waals surface area (Å²) >= 11 is 0. The van der Waals surface area contributed by atoms with Crippen molar-refractivity contribution in [3.8, 4) is 0 Å². The molecular weight excluding hydrogens is 336 g/mol. The van der Waals surface area contributed by atoms with Gasteiger partial charge in [0, 0.05) is 44.1 Å². The Hall–Kier alpha value is -3.15. The Bertz CT molecular complexity index is 904. The topological polar surface area (TPSA) is 57.2 Å². The monoisotopic (exact) mass is 360 g/mol. The van der Waals surface area contributed by atoms with E-state index in [-0.39, 0.29) is 0 Å². The van der Waals surface area contributed by atoms with Crippen LogP contribution in [0, 0.1) is 13.8 Å². The fraction of sp³-hybridized carbons (Fsp3) is 0.286. The van der Waals surface area contributed by atoms with Gasteiger partial charge in [-0.15, -0.1) is 0 Å². The molecular formula is C21H24N6. The number of pyridine rings is 1. The lowest BCUT2D eigenvalue weighted by Crippen LogP contribution is -2.47. The van der Waals surface area contributed by atoms with E-state index in [1.807, 2.05) is 24.4 Å². The number of anilines is 4. The van der Waals surface area contributed by atoms with Crippen molar-refractivity contribution in [1.82, 2.24) is 15.0 Å². The zero-order valence-electron chi connectivity index (χ0n) is 15.8. The molecule has 6 nitrogen and oxygen atoms in total. The van der Waals surface area contributed by atoms with Crippen LogP contribution in [0.15, 0.2) is 55.0 Å². The molecule has 0 aliphatic carbocycles. The Morgan fingerprint density at radius 1 is 0.778 bits per heavy atom. The molecule has 0 bridgehead atoms. The Kier molecular flexibility index (Phi) is 4.87. The highest BCUT2D eigenvalue weighted by molar-refractivity contribution is 5.61. The highest BCUT2D eigenvalue weighted by Crippen LogP contribution is 2.22. The number of aromatic nitrogens is 3. The molecule has 1 fully saturated rings. The summed E-state index contributed by atoms with van der Waals surface area (Å²) in [7, 11) is 0.